The second kappa shape index (κ2) is 5.52. The Morgan fingerprint density at radius 3 is 2.14 bits per heavy atom. The highest BCUT2D eigenvalue weighted by atomic mass is 19.4. The number of hydrogen-bond donors (Lipinski definition) is 0. The Balaban J connectivity index is 0.000000791. The van der Waals surface area contributed by atoms with Gasteiger partial charge in [0, 0.05) is 0 Å². The van der Waals surface area contributed by atoms with Crippen molar-refractivity contribution in [2.75, 3.05) is 7.11 Å². The average Bonchev–Trinajstić information content (AvgIpc) is 2.20. The Kier molecular flexibility index (Phi) is 5.05. The molecular weight excluding hydrogens is 193 g/mol. The number of rotatable bonds is 1. The van der Waals surface area contributed by atoms with Gasteiger partial charge in [-0.15, -0.1) is 0 Å². The molecule has 0 spiro atoms. The molecule has 0 N–H and O–H groups in total. The first-order valence-electron chi connectivity index (χ1n) is 4.25. The van der Waals surface area contributed by atoms with E-state index in [1.165, 1.54) is 19.2 Å². The van der Waals surface area contributed by atoms with Crippen molar-refractivity contribution in [3.05, 3.63) is 29.8 Å². The molecule has 0 atom stereocenters. The lowest BCUT2D eigenvalue weighted by molar-refractivity contribution is -0.137. The van der Waals surface area contributed by atoms with Crippen LogP contribution in [0.3, 0.4) is 0 Å². The lowest BCUT2D eigenvalue weighted by Crippen LogP contribution is -2.04. The first-order chi connectivity index (χ1) is 6.54. The van der Waals surface area contributed by atoms with Gasteiger partial charge >= 0.3 is 6.18 Å². The van der Waals surface area contributed by atoms with Gasteiger partial charge in [-0.3, -0.25) is 0 Å². The summed E-state index contributed by atoms with van der Waals surface area (Å²) >= 11 is 0. The van der Waals surface area contributed by atoms with Crippen LogP contribution >= 0.6 is 0 Å². The van der Waals surface area contributed by atoms with Gasteiger partial charge in [0.1, 0.15) is 5.75 Å². The summed E-state index contributed by atoms with van der Waals surface area (Å²) in [6.07, 6.45) is -4.30. The Morgan fingerprint density at radius 1 is 1.14 bits per heavy atom. The minimum Gasteiger partial charge on any atom is -0.497 e. The Bertz CT molecular complexity index is 268. The summed E-state index contributed by atoms with van der Waals surface area (Å²) in [4.78, 5) is 0. The molecule has 1 rings (SSSR count). The van der Waals surface area contributed by atoms with E-state index in [0.717, 1.165) is 12.1 Å². The number of ether oxygens (including phenoxy) is 1. The lowest BCUT2D eigenvalue weighted by atomic mass is 10.2. The molecule has 0 unspecified atom stereocenters. The lowest BCUT2D eigenvalue weighted by Gasteiger charge is -2.07. The average molecular weight is 206 g/mol. The fraction of sp³-hybridized carbons (Fsp3) is 0.400. The van der Waals surface area contributed by atoms with E-state index in [2.05, 4.69) is 4.74 Å². The van der Waals surface area contributed by atoms with Crippen LogP contribution in [0.5, 0.6) is 5.75 Å². The van der Waals surface area contributed by atoms with E-state index >= 15 is 0 Å². The molecule has 4 heteroatoms. The minimum atomic E-state index is -4.30. The molecule has 0 bridgehead atoms. The van der Waals surface area contributed by atoms with Crippen molar-refractivity contribution in [1.82, 2.24) is 0 Å². The summed E-state index contributed by atoms with van der Waals surface area (Å²) in [6.45, 7) is 4.00. The van der Waals surface area contributed by atoms with Gasteiger partial charge in [-0.2, -0.15) is 13.2 Å². The standard InChI is InChI=1S/C8H7F3O.C2H6/c1-12-7-4-2-3-6(5-7)8(9,10)11;1-2/h2-5H,1H3;1-2H3. The third-order valence-electron chi connectivity index (χ3n) is 1.40. The van der Waals surface area contributed by atoms with Crippen molar-refractivity contribution in [3.63, 3.8) is 0 Å². The molecule has 0 aliphatic carbocycles. The third kappa shape index (κ3) is 3.68. The summed E-state index contributed by atoms with van der Waals surface area (Å²) in [6, 6.07) is 4.74. The van der Waals surface area contributed by atoms with Gasteiger partial charge in [-0.05, 0) is 18.2 Å². The fourth-order valence-corrected chi connectivity index (χ4v) is 0.799. The molecule has 0 aliphatic rings. The van der Waals surface area contributed by atoms with Crippen LogP contribution in [0.25, 0.3) is 0 Å². The first-order valence-corrected chi connectivity index (χ1v) is 4.25. The van der Waals surface area contributed by atoms with Gasteiger partial charge in [0.25, 0.3) is 0 Å². The minimum absolute atomic E-state index is 0.213. The van der Waals surface area contributed by atoms with E-state index in [-0.39, 0.29) is 5.75 Å². The van der Waals surface area contributed by atoms with E-state index in [1.54, 1.807) is 0 Å². The molecule has 1 aromatic carbocycles. The number of benzene rings is 1. The van der Waals surface area contributed by atoms with Crippen molar-refractivity contribution >= 4 is 0 Å². The van der Waals surface area contributed by atoms with Crippen LogP contribution in [-0.2, 0) is 6.18 Å². The highest BCUT2D eigenvalue weighted by Gasteiger charge is 2.30. The zero-order chi connectivity index (χ0) is 11.2. The largest absolute Gasteiger partial charge is 0.497 e. The van der Waals surface area contributed by atoms with Crippen molar-refractivity contribution in [3.8, 4) is 5.75 Å². The quantitative estimate of drug-likeness (QED) is 0.680. The Hall–Kier alpha value is -1.19. The molecule has 1 nitrogen and oxygen atoms in total. The molecule has 80 valence electrons. The molecule has 0 saturated carbocycles. The van der Waals surface area contributed by atoms with E-state index in [1.807, 2.05) is 13.8 Å². The Morgan fingerprint density at radius 2 is 1.71 bits per heavy atom. The molecule has 1 aromatic rings. The van der Waals surface area contributed by atoms with Gasteiger partial charge < -0.3 is 4.74 Å². The predicted molar refractivity (Wildman–Crippen MR) is 49.3 cm³/mol. The molecule has 0 saturated heterocycles. The third-order valence-corrected chi connectivity index (χ3v) is 1.40. The van der Waals surface area contributed by atoms with Crippen molar-refractivity contribution in [1.29, 1.82) is 0 Å². The van der Waals surface area contributed by atoms with Crippen LogP contribution in [0.4, 0.5) is 13.2 Å². The predicted octanol–water partition coefficient (Wildman–Crippen LogP) is 3.74. The van der Waals surface area contributed by atoms with E-state index in [9.17, 15) is 13.2 Å². The van der Waals surface area contributed by atoms with Gasteiger partial charge in [-0.25, -0.2) is 0 Å². The van der Waals surface area contributed by atoms with Gasteiger partial charge in [0.15, 0.2) is 0 Å². The highest BCUT2D eigenvalue weighted by Crippen LogP contribution is 2.30. The highest BCUT2D eigenvalue weighted by molar-refractivity contribution is 5.29. The zero-order valence-corrected chi connectivity index (χ0v) is 8.35. The number of alkyl halides is 3. The van der Waals surface area contributed by atoms with Crippen LogP contribution in [0.1, 0.15) is 19.4 Å². The summed E-state index contributed by atoms with van der Waals surface area (Å²) in [5.41, 5.74) is -0.693. The molecule has 14 heavy (non-hydrogen) atoms. The van der Waals surface area contributed by atoms with Crippen LogP contribution in [-0.4, -0.2) is 7.11 Å². The second-order valence-electron chi connectivity index (χ2n) is 2.23. The topological polar surface area (TPSA) is 9.23 Å². The smallest absolute Gasteiger partial charge is 0.416 e. The maximum Gasteiger partial charge on any atom is 0.416 e. The molecular formula is C10H13F3O. The van der Waals surface area contributed by atoms with Crippen LogP contribution in [0.15, 0.2) is 24.3 Å². The molecule has 0 aromatic heterocycles. The monoisotopic (exact) mass is 206 g/mol. The van der Waals surface area contributed by atoms with Gasteiger partial charge in [0.2, 0.25) is 0 Å². The molecule has 0 heterocycles. The molecule has 0 aliphatic heterocycles. The molecule has 0 amide bonds. The molecule has 0 radical (unpaired) electrons. The first kappa shape index (κ1) is 12.8. The SMILES string of the molecule is CC.COc1cccc(C(F)(F)F)c1. The van der Waals surface area contributed by atoms with Crippen LogP contribution in [0.2, 0.25) is 0 Å². The summed E-state index contributed by atoms with van der Waals surface area (Å²) in [5, 5.41) is 0. The van der Waals surface area contributed by atoms with E-state index < -0.39 is 11.7 Å². The zero-order valence-electron chi connectivity index (χ0n) is 8.35. The Labute approximate surface area is 81.5 Å². The van der Waals surface area contributed by atoms with Crippen LogP contribution in [0, 0.1) is 0 Å². The maximum atomic E-state index is 12.0. The van der Waals surface area contributed by atoms with E-state index in [0.29, 0.717) is 0 Å². The molecule has 0 fully saturated rings. The number of halogens is 3. The van der Waals surface area contributed by atoms with Gasteiger partial charge in [-0.1, -0.05) is 19.9 Å². The summed E-state index contributed by atoms with van der Waals surface area (Å²) < 4.78 is 40.8. The van der Waals surface area contributed by atoms with Crippen molar-refractivity contribution < 1.29 is 17.9 Å². The van der Waals surface area contributed by atoms with Crippen LogP contribution < -0.4 is 4.74 Å². The number of methoxy groups -OCH3 is 1. The van der Waals surface area contributed by atoms with Crippen molar-refractivity contribution in [2.24, 2.45) is 0 Å². The van der Waals surface area contributed by atoms with E-state index in [4.69, 9.17) is 0 Å². The van der Waals surface area contributed by atoms with Gasteiger partial charge in [0.05, 0.1) is 12.7 Å². The maximum absolute atomic E-state index is 12.0. The second-order valence-corrected chi connectivity index (χ2v) is 2.23. The summed E-state index contributed by atoms with van der Waals surface area (Å²) in [5.74, 6) is 0.213. The van der Waals surface area contributed by atoms with Crippen molar-refractivity contribution in [2.45, 2.75) is 20.0 Å². The normalized spacial score (nSPS) is 10.1. The summed E-state index contributed by atoms with van der Waals surface area (Å²) in [7, 11) is 1.33. The number of hydrogen-bond acceptors (Lipinski definition) is 1. The fourth-order valence-electron chi connectivity index (χ4n) is 0.799.